The van der Waals surface area contributed by atoms with Crippen molar-refractivity contribution in [2.45, 2.75) is 0 Å². The molecular formula is C14H10FN3O2. The van der Waals surface area contributed by atoms with Crippen LogP contribution in [0, 0.1) is 5.82 Å². The lowest BCUT2D eigenvalue weighted by Crippen LogP contribution is -2.06. The van der Waals surface area contributed by atoms with Crippen molar-refractivity contribution in [2.24, 2.45) is 0 Å². The van der Waals surface area contributed by atoms with Crippen LogP contribution in [0.2, 0.25) is 0 Å². The van der Waals surface area contributed by atoms with E-state index in [9.17, 15) is 9.18 Å². The molecular weight excluding hydrogens is 261 g/mol. The van der Waals surface area contributed by atoms with E-state index in [4.69, 9.17) is 0 Å². The van der Waals surface area contributed by atoms with E-state index in [1.807, 2.05) is 0 Å². The first-order valence-electron chi connectivity index (χ1n) is 5.86. The molecule has 0 unspecified atom stereocenters. The number of carbonyl (C=O) groups is 1. The van der Waals surface area contributed by atoms with E-state index in [1.54, 1.807) is 24.5 Å². The molecule has 5 nitrogen and oxygen atoms in total. The molecule has 0 saturated carbocycles. The third kappa shape index (κ3) is 1.82. The van der Waals surface area contributed by atoms with Crippen molar-refractivity contribution in [3.8, 4) is 11.1 Å². The Labute approximate surface area is 113 Å². The summed E-state index contributed by atoms with van der Waals surface area (Å²) in [5.74, 6) is -1.39. The van der Waals surface area contributed by atoms with Crippen LogP contribution in [0.4, 0.5) is 4.39 Å². The van der Waals surface area contributed by atoms with E-state index in [1.165, 1.54) is 19.5 Å². The topological polar surface area (TPSA) is 67.9 Å². The Morgan fingerprint density at radius 2 is 2.10 bits per heavy atom. The second-order valence-electron chi connectivity index (χ2n) is 4.13. The minimum absolute atomic E-state index is 0.141. The van der Waals surface area contributed by atoms with Gasteiger partial charge in [0.1, 0.15) is 11.4 Å². The third-order valence-electron chi connectivity index (χ3n) is 3.04. The summed E-state index contributed by atoms with van der Waals surface area (Å²) in [7, 11) is 1.21. The van der Waals surface area contributed by atoms with E-state index in [0.717, 1.165) is 5.56 Å². The number of methoxy groups -OCH3 is 1. The van der Waals surface area contributed by atoms with Crippen LogP contribution in [-0.4, -0.2) is 28.0 Å². The lowest BCUT2D eigenvalue weighted by atomic mass is 10.0. The standard InChI is InChI=1S/C14H10FN3O2/c1-20-14(19)11-10(15)6-9(8-2-4-16-5-3-8)12-13(11)18-7-17-12/h2-7H,1H3,(H,17,18). The van der Waals surface area contributed by atoms with Crippen molar-refractivity contribution in [1.29, 1.82) is 0 Å². The number of pyridine rings is 1. The monoisotopic (exact) mass is 271 g/mol. The summed E-state index contributed by atoms with van der Waals surface area (Å²) in [4.78, 5) is 22.5. The molecule has 1 N–H and O–H groups in total. The molecule has 0 aliphatic heterocycles. The smallest absolute Gasteiger partial charge is 0.343 e. The normalized spacial score (nSPS) is 10.7. The summed E-state index contributed by atoms with van der Waals surface area (Å²) >= 11 is 0. The lowest BCUT2D eigenvalue weighted by Gasteiger charge is -2.07. The van der Waals surface area contributed by atoms with Crippen LogP contribution >= 0.6 is 0 Å². The van der Waals surface area contributed by atoms with Crippen molar-refractivity contribution >= 4 is 17.0 Å². The first kappa shape index (κ1) is 12.3. The SMILES string of the molecule is COC(=O)c1c(F)cc(-c2ccncc2)c2nc[nH]c12. The van der Waals surface area contributed by atoms with Crippen LogP contribution < -0.4 is 0 Å². The van der Waals surface area contributed by atoms with Crippen molar-refractivity contribution in [3.05, 3.63) is 48.3 Å². The van der Waals surface area contributed by atoms with Gasteiger partial charge in [-0.15, -0.1) is 0 Å². The zero-order chi connectivity index (χ0) is 14.1. The van der Waals surface area contributed by atoms with Gasteiger partial charge in [0.25, 0.3) is 0 Å². The summed E-state index contributed by atoms with van der Waals surface area (Å²) < 4.78 is 18.8. The molecule has 1 aromatic carbocycles. The van der Waals surface area contributed by atoms with Crippen LogP contribution in [0.1, 0.15) is 10.4 Å². The average Bonchev–Trinajstić information content (AvgIpc) is 2.95. The molecule has 0 saturated heterocycles. The van der Waals surface area contributed by atoms with Crippen LogP contribution in [0.3, 0.4) is 0 Å². The number of nitrogens with zero attached hydrogens (tertiary/aromatic N) is 2. The number of ether oxygens (including phenoxy) is 1. The molecule has 0 atom stereocenters. The quantitative estimate of drug-likeness (QED) is 0.727. The number of esters is 1. The predicted molar refractivity (Wildman–Crippen MR) is 70.6 cm³/mol. The second kappa shape index (κ2) is 4.73. The highest BCUT2D eigenvalue weighted by molar-refractivity contribution is 6.06. The second-order valence-corrected chi connectivity index (χ2v) is 4.13. The number of aromatic nitrogens is 3. The summed E-state index contributed by atoms with van der Waals surface area (Å²) in [5, 5.41) is 0. The maximum absolute atomic E-state index is 14.2. The minimum atomic E-state index is -0.738. The number of aromatic amines is 1. The number of imidazole rings is 1. The number of benzene rings is 1. The van der Waals surface area contributed by atoms with Gasteiger partial charge in [0.05, 0.1) is 24.5 Å². The van der Waals surface area contributed by atoms with E-state index in [2.05, 4.69) is 19.7 Å². The number of nitrogens with one attached hydrogen (secondary N) is 1. The Morgan fingerprint density at radius 3 is 2.80 bits per heavy atom. The van der Waals surface area contributed by atoms with Crippen LogP contribution in [0.25, 0.3) is 22.2 Å². The predicted octanol–water partition coefficient (Wildman–Crippen LogP) is 2.55. The molecule has 100 valence electrons. The fraction of sp³-hybridized carbons (Fsp3) is 0.0714. The molecule has 0 bridgehead atoms. The van der Waals surface area contributed by atoms with Crippen molar-refractivity contribution in [3.63, 3.8) is 0 Å². The molecule has 2 aromatic heterocycles. The Balaban J connectivity index is 2.33. The minimum Gasteiger partial charge on any atom is -0.465 e. The molecule has 3 rings (SSSR count). The van der Waals surface area contributed by atoms with E-state index in [-0.39, 0.29) is 5.56 Å². The molecule has 2 heterocycles. The molecule has 0 aliphatic carbocycles. The summed E-state index contributed by atoms with van der Waals surface area (Å²) in [6.07, 6.45) is 4.64. The highest BCUT2D eigenvalue weighted by atomic mass is 19.1. The number of carbonyl (C=O) groups excluding carboxylic acids is 1. The average molecular weight is 271 g/mol. The maximum Gasteiger partial charge on any atom is 0.343 e. The van der Waals surface area contributed by atoms with Gasteiger partial charge < -0.3 is 9.72 Å². The zero-order valence-corrected chi connectivity index (χ0v) is 10.6. The first-order chi connectivity index (χ1) is 9.72. The molecule has 0 fully saturated rings. The van der Waals surface area contributed by atoms with Gasteiger partial charge in [-0.2, -0.15) is 0 Å². The first-order valence-corrected chi connectivity index (χ1v) is 5.86. The van der Waals surface area contributed by atoms with Gasteiger partial charge >= 0.3 is 5.97 Å². The number of rotatable bonds is 2. The zero-order valence-electron chi connectivity index (χ0n) is 10.6. The lowest BCUT2D eigenvalue weighted by molar-refractivity contribution is 0.0598. The number of H-pyrrole nitrogens is 1. The van der Waals surface area contributed by atoms with E-state index >= 15 is 0 Å². The van der Waals surface area contributed by atoms with Crippen LogP contribution in [0.15, 0.2) is 36.9 Å². The molecule has 0 amide bonds. The van der Waals surface area contributed by atoms with Gasteiger partial charge in [-0.25, -0.2) is 14.2 Å². The number of halogens is 1. The number of fused-ring (bicyclic) bond motifs is 1. The Morgan fingerprint density at radius 1 is 1.35 bits per heavy atom. The summed E-state index contributed by atoms with van der Waals surface area (Å²) in [6, 6.07) is 4.78. The van der Waals surface area contributed by atoms with Crippen LogP contribution in [-0.2, 0) is 4.74 Å². The molecule has 0 radical (unpaired) electrons. The van der Waals surface area contributed by atoms with Gasteiger partial charge in [-0.1, -0.05) is 0 Å². The molecule has 0 spiro atoms. The van der Waals surface area contributed by atoms with Crippen molar-refractivity contribution in [1.82, 2.24) is 15.0 Å². The summed E-state index contributed by atoms with van der Waals surface area (Å²) in [6.45, 7) is 0. The Hall–Kier alpha value is -2.76. The fourth-order valence-corrected chi connectivity index (χ4v) is 2.13. The molecule has 20 heavy (non-hydrogen) atoms. The van der Waals surface area contributed by atoms with Gasteiger partial charge in [-0.05, 0) is 23.8 Å². The number of hydrogen-bond acceptors (Lipinski definition) is 4. The van der Waals surface area contributed by atoms with Gasteiger partial charge in [-0.3, -0.25) is 4.98 Å². The van der Waals surface area contributed by atoms with Gasteiger partial charge in [0.2, 0.25) is 0 Å². The molecule has 0 aliphatic rings. The van der Waals surface area contributed by atoms with Crippen LogP contribution in [0.5, 0.6) is 0 Å². The van der Waals surface area contributed by atoms with Crippen molar-refractivity contribution < 1.29 is 13.9 Å². The Bertz CT molecular complexity index is 784. The van der Waals surface area contributed by atoms with E-state index < -0.39 is 11.8 Å². The maximum atomic E-state index is 14.2. The van der Waals surface area contributed by atoms with E-state index in [0.29, 0.717) is 16.6 Å². The highest BCUT2D eigenvalue weighted by Gasteiger charge is 2.21. The highest BCUT2D eigenvalue weighted by Crippen LogP contribution is 2.30. The summed E-state index contributed by atoms with van der Waals surface area (Å²) in [5.41, 5.74) is 2.06. The number of hydrogen-bond donors (Lipinski definition) is 1. The molecule has 6 heteroatoms. The fourth-order valence-electron chi connectivity index (χ4n) is 2.13. The van der Waals surface area contributed by atoms with Crippen molar-refractivity contribution in [2.75, 3.05) is 7.11 Å². The van der Waals surface area contributed by atoms with Gasteiger partial charge in [0.15, 0.2) is 0 Å². The molecule has 3 aromatic rings. The Kier molecular flexibility index (Phi) is 2.90. The largest absolute Gasteiger partial charge is 0.465 e. The van der Waals surface area contributed by atoms with Gasteiger partial charge in [0, 0.05) is 18.0 Å². The third-order valence-corrected chi connectivity index (χ3v) is 3.04.